The van der Waals surface area contributed by atoms with Crippen LogP contribution in [0, 0.1) is 0 Å². The van der Waals surface area contributed by atoms with Gasteiger partial charge in [0.25, 0.3) is 5.91 Å². The molecule has 9 nitrogen and oxygen atoms in total. The molecule has 0 bridgehead atoms. The second-order valence-corrected chi connectivity index (χ2v) is 12.0. The van der Waals surface area contributed by atoms with Crippen molar-refractivity contribution < 1.29 is 29.0 Å². The highest BCUT2D eigenvalue weighted by Crippen LogP contribution is 2.27. The Morgan fingerprint density at radius 2 is 1.49 bits per heavy atom. The topological polar surface area (TPSA) is 117 Å². The first-order chi connectivity index (χ1) is 21.4. The Labute approximate surface area is 266 Å². The molecule has 0 aliphatic heterocycles. The third-order valence-corrected chi connectivity index (χ3v) is 7.27. The van der Waals surface area contributed by atoms with E-state index in [-0.39, 0.29) is 18.1 Å². The number of alkyl carbamates (subject to hydrolysis) is 1. The molecule has 0 fully saturated rings. The quantitative estimate of drug-likeness (QED) is 0.171. The molecule has 3 aromatic carbocycles. The Balaban J connectivity index is 2.07. The van der Waals surface area contributed by atoms with Crippen LogP contribution in [0.15, 0.2) is 72.8 Å². The lowest BCUT2D eigenvalue weighted by atomic mass is 9.98. The van der Waals surface area contributed by atoms with Gasteiger partial charge in [-0.05, 0) is 86.7 Å². The summed E-state index contributed by atoms with van der Waals surface area (Å²) in [6.45, 7) is 9.67. The maximum Gasteiger partial charge on any atom is 0.408 e. The molecule has 0 radical (unpaired) electrons. The van der Waals surface area contributed by atoms with Crippen molar-refractivity contribution in [2.45, 2.75) is 84.4 Å². The summed E-state index contributed by atoms with van der Waals surface area (Å²) in [6.07, 6.45) is 2.66. The molecule has 3 amide bonds. The summed E-state index contributed by atoms with van der Waals surface area (Å²) in [6, 6.07) is 19.1. The van der Waals surface area contributed by atoms with E-state index in [1.54, 1.807) is 69.2 Å². The van der Waals surface area contributed by atoms with Crippen LogP contribution >= 0.6 is 0 Å². The molecule has 45 heavy (non-hydrogen) atoms. The zero-order valence-corrected chi connectivity index (χ0v) is 27.3. The van der Waals surface area contributed by atoms with Gasteiger partial charge in [0.1, 0.15) is 29.2 Å². The molecule has 0 aliphatic rings. The van der Waals surface area contributed by atoms with Crippen molar-refractivity contribution in [3.63, 3.8) is 0 Å². The highest BCUT2D eigenvalue weighted by Gasteiger charge is 2.36. The number of nitrogens with one attached hydrogen (secondary N) is 2. The molecular weight excluding hydrogens is 570 g/mol. The Kier molecular flexibility index (Phi) is 12.8. The van der Waals surface area contributed by atoms with E-state index in [2.05, 4.69) is 24.5 Å². The number of hydrogen-bond acceptors (Lipinski definition) is 6. The minimum absolute atomic E-state index is 0.0914. The molecule has 2 unspecified atom stereocenters. The van der Waals surface area contributed by atoms with E-state index in [0.29, 0.717) is 30.0 Å². The van der Waals surface area contributed by atoms with Crippen molar-refractivity contribution in [1.82, 2.24) is 10.2 Å². The molecule has 3 N–H and O–H groups in total. The van der Waals surface area contributed by atoms with Gasteiger partial charge in [0, 0.05) is 18.7 Å². The lowest BCUT2D eigenvalue weighted by molar-refractivity contribution is -0.140. The average Bonchev–Trinajstić information content (AvgIpc) is 3.00. The van der Waals surface area contributed by atoms with Crippen LogP contribution in [-0.2, 0) is 27.2 Å². The Morgan fingerprint density at radius 3 is 2.04 bits per heavy atom. The third-order valence-electron chi connectivity index (χ3n) is 7.27. The van der Waals surface area contributed by atoms with E-state index in [0.717, 1.165) is 30.4 Å². The number of carbonyl (C=O) groups is 3. The lowest BCUT2D eigenvalue weighted by Crippen LogP contribution is -2.53. The van der Waals surface area contributed by atoms with Crippen LogP contribution < -0.4 is 15.4 Å². The number of rotatable bonds is 14. The number of phenols is 1. The number of methoxy groups -OCH3 is 1. The zero-order chi connectivity index (χ0) is 33.0. The van der Waals surface area contributed by atoms with Gasteiger partial charge in [0.2, 0.25) is 5.91 Å². The van der Waals surface area contributed by atoms with E-state index in [9.17, 15) is 19.5 Å². The average molecular weight is 618 g/mol. The van der Waals surface area contributed by atoms with Crippen LogP contribution in [0.2, 0.25) is 0 Å². The summed E-state index contributed by atoms with van der Waals surface area (Å²) < 4.78 is 10.8. The van der Waals surface area contributed by atoms with Crippen molar-refractivity contribution in [1.29, 1.82) is 0 Å². The first kappa shape index (κ1) is 35.0. The number of aromatic hydroxyl groups is 1. The number of hydrogen-bond donors (Lipinski definition) is 3. The second kappa shape index (κ2) is 16.5. The van der Waals surface area contributed by atoms with E-state index in [4.69, 9.17) is 9.47 Å². The summed E-state index contributed by atoms with van der Waals surface area (Å²) >= 11 is 0. The van der Waals surface area contributed by atoms with Crippen LogP contribution in [0.1, 0.15) is 76.6 Å². The number of benzene rings is 3. The van der Waals surface area contributed by atoms with Crippen LogP contribution in [0.25, 0.3) is 0 Å². The van der Waals surface area contributed by atoms with Gasteiger partial charge in [0.15, 0.2) is 0 Å². The predicted octanol–water partition coefficient (Wildman–Crippen LogP) is 6.80. The monoisotopic (exact) mass is 617 g/mol. The van der Waals surface area contributed by atoms with E-state index < -0.39 is 29.7 Å². The number of anilines is 1. The number of phenolic OH excluding ortho intramolecular Hbond substituents is 1. The number of amides is 3. The maximum atomic E-state index is 14.6. The fourth-order valence-electron chi connectivity index (χ4n) is 4.91. The largest absolute Gasteiger partial charge is 0.508 e. The van der Waals surface area contributed by atoms with E-state index >= 15 is 0 Å². The standard InChI is InChI=1S/C36H47N3O6/c1-7-9-10-23-39(34(42)31(38-35(43)45-36(3,4)5)24-26-13-19-29(40)20-14-26)32(27-15-11-25(8-2)12-16-27)33(41)37-28-17-21-30(44-6)22-18-28/h11-22,31-32,40H,7-10,23-24H2,1-6H3,(H,37,41)(H,38,43). The number of ether oxygens (including phenoxy) is 2. The second-order valence-electron chi connectivity index (χ2n) is 12.0. The Hall–Kier alpha value is -4.53. The van der Waals surface area contributed by atoms with Gasteiger partial charge in [-0.3, -0.25) is 9.59 Å². The summed E-state index contributed by atoms with van der Waals surface area (Å²) in [5.41, 5.74) is 2.27. The summed E-state index contributed by atoms with van der Waals surface area (Å²) in [4.78, 5) is 43.3. The van der Waals surface area contributed by atoms with E-state index in [1.165, 1.54) is 12.1 Å². The van der Waals surface area contributed by atoms with Gasteiger partial charge in [-0.25, -0.2) is 4.79 Å². The van der Waals surface area contributed by atoms with Crippen LogP contribution in [-0.4, -0.2) is 53.2 Å². The third kappa shape index (κ3) is 10.8. The van der Waals surface area contributed by atoms with E-state index in [1.807, 2.05) is 24.3 Å². The highest BCUT2D eigenvalue weighted by atomic mass is 16.6. The van der Waals surface area contributed by atoms with Crippen molar-refractivity contribution >= 4 is 23.6 Å². The maximum absolute atomic E-state index is 14.6. The SMILES string of the molecule is CCCCCN(C(=O)C(Cc1ccc(O)cc1)NC(=O)OC(C)(C)C)C(C(=O)Nc1ccc(OC)cc1)c1ccc(CC)cc1. The molecule has 0 spiro atoms. The van der Waals surface area contributed by atoms with Gasteiger partial charge < -0.3 is 30.1 Å². The molecule has 0 saturated heterocycles. The van der Waals surface area contributed by atoms with Crippen molar-refractivity contribution in [2.24, 2.45) is 0 Å². The summed E-state index contributed by atoms with van der Waals surface area (Å²) in [5.74, 6) is -0.0514. The molecule has 9 heteroatoms. The molecular formula is C36H47N3O6. The fraction of sp³-hybridized carbons (Fsp3) is 0.417. The van der Waals surface area contributed by atoms with Crippen LogP contribution in [0.5, 0.6) is 11.5 Å². The number of unbranched alkanes of at least 4 members (excludes halogenated alkanes) is 2. The van der Waals surface area contributed by atoms with Crippen molar-refractivity contribution in [2.75, 3.05) is 19.0 Å². The van der Waals surface area contributed by atoms with Crippen molar-refractivity contribution in [3.8, 4) is 11.5 Å². The molecule has 0 saturated carbocycles. The van der Waals surface area contributed by atoms with Crippen LogP contribution in [0.3, 0.4) is 0 Å². The first-order valence-electron chi connectivity index (χ1n) is 15.6. The number of aryl methyl sites for hydroxylation is 1. The Bertz CT molecular complexity index is 1380. The molecule has 3 aromatic rings. The Morgan fingerprint density at radius 1 is 0.867 bits per heavy atom. The molecule has 0 aromatic heterocycles. The molecule has 0 heterocycles. The van der Waals surface area contributed by atoms with Gasteiger partial charge in [0.05, 0.1) is 7.11 Å². The number of carbonyl (C=O) groups excluding carboxylic acids is 3. The normalized spacial score (nSPS) is 12.5. The van der Waals surface area contributed by atoms with Gasteiger partial charge in [-0.15, -0.1) is 0 Å². The van der Waals surface area contributed by atoms with Crippen molar-refractivity contribution in [3.05, 3.63) is 89.5 Å². The molecule has 0 aliphatic carbocycles. The highest BCUT2D eigenvalue weighted by molar-refractivity contribution is 5.99. The number of nitrogens with zero attached hydrogens (tertiary/aromatic N) is 1. The van der Waals surface area contributed by atoms with Gasteiger partial charge in [-0.2, -0.15) is 0 Å². The molecule has 2 atom stereocenters. The summed E-state index contributed by atoms with van der Waals surface area (Å²) in [5, 5.41) is 15.6. The minimum Gasteiger partial charge on any atom is -0.508 e. The smallest absolute Gasteiger partial charge is 0.408 e. The molecule has 3 rings (SSSR count). The zero-order valence-electron chi connectivity index (χ0n) is 27.3. The summed E-state index contributed by atoms with van der Waals surface area (Å²) in [7, 11) is 1.57. The minimum atomic E-state index is -1.04. The van der Waals surface area contributed by atoms with Gasteiger partial charge in [-0.1, -0.05) is 63.1 Å². The predicted molar refractivity (Wildman–Crippen MR) is 176 cm³/mol. The fourth-order valence-corrected chi connectivity index (χ4v) is 4.91. The lowest BCUT2D eigenvalue weighted by Gasteiger charge is -2.35. The van der Waals surface area contributed by atoms with Gasteiger partial charge >= 0.3 is 6.09 Å². The first-order valence-corrected chi connectivity index (χ1v) is 15.6. The molecule has 242 valence electrons. The van der Waals surface area contributed by atoms with Crippen LogP contribution in [0.4, 0.5) is 10.5 Å².